The van der Waals surface area contributed by atoms with Crippen LogP contribution >= 0.6 is 0 Å². The summed E-state index contributed by atoms with van der Waals surface area (Å²) in [6, 6.07) is 3.49. The standard InChI is InChI=1S/C27H32O10/c1-13(11-28)26(29)37-25-16-10-17(31-4)21(32-5)24(34-7)20(16)19-15(8-14(2)27(25,3)30)9-18-22(23(19)33-6)36-12-35-18/h9-11,13-14,25,30H,8,12H2,1-7H3. The molecule has 1 aliphatic carbocycles. The Kier molecular flexibility index (Phi) is 7.14. The second-order valence-corrected chi connectivity index (χ2v) is 9.36. The minimum absolute atomic E-state index is 0.0294. The SMILES string of the molecule is COc1cc2c(c(OC)c1OC)-c1c(cc3c(c1OC)OCO3)CC(C)C(C)(O)C2OC(=O)C(C)C=O. The summed E-state index contributed by atoms with van der Waals surface area (Å²) < 4.78 is 40.2. The summed E-state index contributed by atoms with van der Waals surface area (Å²) in [6.07, 6.45) is -0.341. The monoisotopic (exact) mass is 516 g/mol. The first-order valence-corrected chi connectivity index (χ1v) is 11.8. The Bertz CT molecular complexity index is 1220. The van der Waals surface area contributed by atoms with Crippen LogP contribution in [0.5, 0.6) is 34.5 Å². The van der Waals surface area contributed by atoms with E-state index >= 15 is 0 Å². The molecule has 2 aromatic rings. The molecule has 1 aliphatic heterocycles. The lowest BCUT2D eigenvalue weighted by Crippen LogP contribution is -2.44. The highest BCUT2D eigenvalue weighted by Gasteiger charge is 2.47. The van der Waals surface area contributed by atoms with Gasteiger partial charge in [0.2, 0.25) is 18.3 Å². The van der Waals surface area contributed by atoms with E-state index in [1.165, 1.54) is 35.4 Å². The van der Waals surface area contributed by atoms with Gasteiger partial charge in [0.1, 0.15) is 17.8 Å². The molecule has 10 heteroatoms. The molecule has 200 valence electrons. The third kappa shape index (κ3) is 4.19. The van der Waals surface area contributed by atoms with Crippen molar-refractivity contribution in [1.82, 2.24) is 0 Å². The van der Waals surface area contributed by atoms with Crippen LogP contribution < -0.4 is 28.4 Å². The molecular formula is C27H32O10. The summed E-state index contributed by atoms with van der Waals surface area (Å²) in [7, 11) is 5.95. The van der Waals surface area contributed by atoms with E-state index in [-0.39, 0.29) is 12.5 Å². The summed E-state index contributed by atoms with van der Waals surface area (Å²) in [4.78, 5) is 24.2. The molecule has 1 N–H and O–H groups in total. The molecule has 0 spiro atoms. The van der Waals surface area contributed by atoms with Gasteiger partial charge < -0.3 is 43.1 Å². The fourth-order valence-corrected chi connectivity index (χ4v) is 4.90. The number of benzene rings is 2. The summed E-state index contributed by atoms with van der Waals surface area (Å²) in [5.41, 5.74) is 0.696. The number of rotatable bonds is 7. The van der Waals surface area contributed by atoms with Crippen molar-refractivity contribution in [3.8, 4) is 45.6 Å². The van der Waals surface area contributed by atoms with Gasteiger partial charge in [0.15, 0.2) is 29.1 Å². The summed E-state index contributed by atoms with van der Waals surface area (Å²) >= 11 is 0. The maximum atomic E-state index is 12.9. The number of hydrogen-bond donors (Lipinski definition) is 1. The Balaban J connectivity index is 2.16. The van der Waals surface area contributed by atoms with Gasteiger partial charge in [0.05, 0.1) is 28.4 Å². The van der Waals surface area contributed by atoms with Crippen molar-refractivity contribution in [1.29, 1.82) is 0 Å². The fraction of sp³-hybridized carbons (Fsp3) is 0.481. The highest BCUT2D eigenvalue weighted by atomic mass is 16.7. The molecule has 0 amide bonds. The smallest absolute Gasteiger partial charge is 0.316 e. The number of fused-ring (bicyclic) bond motifs is 4. The van der Waals surface area contributed by atoms with Crippen LogP contribution in [0.4, 0.5) is 0 Å². The van der Waals surface area contributed by atoms with Gasteiger partial charge in [-0.3, -0.25) is 4.79 Å². The number of hydrogen-bond acceptors (Lipinski definition) is 10. The van der Waals surface area contributed by atoms with Crippen molar-refractivity contribution in [2.24, 2.45) is 11.8 Å². The summed E-state index contributed by atoms with van der Waals surface area (Å²) in [5.74, 6) is -0.000931. The minimum Gasteiger partial charge on any atom is -0.493 e. The summed E-state index contributed by atoms with van der Waals surface area (Å²) in [5, 5.41) is 11.9. The fourth-order valence-electron chi connectivity index (χ4n) is 4.90. The molecule has 0 radical (unpaired) electrons. The van der Waals surface area contributed by atoms with E-state index in [4.69, 9.17) is 33.2 Å². The first-order valence-electron chi connectivity index (χ1n) is 11.8. The average molecular weight is 517 g/mol. The van der Waals surface area contributed by atoms with Crippen LogP contribution in [0.3, 0.4) is 0 Å². The molecule has 4 unspecified atom stereocenters. The highest BCUT2D eigenvalue weighted by molar-refractivity contribution is 5.90. The van der Waals surface area contributed by atoms with E-state index in [0.717, 1.165) is 5.56 Å². The molecule has 0 bridgehead atoms. The molecule has 4 atom stereocenters. The van der Waals surface area contributed by atoms with Crippen molar-refractivity contribution >= 4 is 12.3 Å². The van der Waals surface area contributed by atoms with E-state index in [0.29, 0.717) is 58.1 Å². The Morgan fingerprint density at radius 1 is 1.05 bits per heavy atom. The van der Waals surface area contributed by atoms with Crippen LogP contribution in [0.1, 0.15) is 38.0 Å². The van der Waals surface area contributed by atoms with Gasteiger partial charge >= 0.3 is 5.97 Å². The van der Waals surface area contributed by atoms with E-state index in [1.807, 2.05) is 13.0 Å². The molecule has 4 rings (SSSR count). The number of esters is 1. The minimum atomic E-state index is -1.57. The Hall–Kier alpha value is -3.66. The highest BCUT2D eigenvalue weighted by Crippen LogP contribution is 2.59. The molecule has 2 aromatic carbocycles. The van der Waals surface area contributed by atoms with Crippen LogP contribution in [-0.4, -0.2) is 58.2 Å². The first kappa shape index (κ1) is 26.4. The normalized spacial score (nSPS) is 22.5. The molecule has 0 aromatic heterocycles. The van der Waals surface area contributed by atoms with E-state index in [9.17, 15) is 14.7 Å². The van der Waals surface area contributed by atoms with Gasteiger partial charge in [-0.05, 0) is 43.9 Å². The van der Waals surface area contributed by atoms with Gasteiger partial charge in [0, 0.05) is 16.7 Å². The maximum absolute atomic E-state index is 12.9. The predicted molar refractivity (Wildman–Crippen MR) is 132 cm³/mol. The number of aliphatic hydroxyl groups is 1. The van der Waals surface area contributed by atoms with E-state index in [1.54, 1.807) is 13.0 Å². The molecule has 10 nitrogen and oxygen atoms in total. The third-order valence-corrected chi connectivity index (χ3v) is 7.16. The van der Waals surface area contributed by atoms with Crippen molar-refractivity contribution in [2.75, 3.05) is 35.2 Å². The van der Waals surface area contributed by atoms with Crippen molar-refractivity contribution in [2.45, 2.75) is 38.9 Å². The second-order valence-electron chi connectivity index (χ2n) is 9.36. The lowest BCUT2D eigenvalue weighted by atomic mass is 9.73. The van der Waals surface area contributed by atoms with Gasteiger partial charge in [-0.1, -0.05) is 6.92 Å². The lowest BCUT2D eigenvalue weighted by Gasteiger charge is -2.41. The third-order valence-electron chi connectivity index (χ3n) is 7.16. The predicted octanol–water partition coefficient (Wildman–Crippen LogP) is 3.48. The molecule has 0 saturated heterocycles. The largest absolute Gasteiger partial charge is 0.493 e. The second kappa shape index (κ2) is 10.0. The Labute approximate surface area is 215 Å². The lowest BCUT2D eigenvalue weighted by molar-refractivity contribution is -0.175. The summed E-state index contributed by atoms with van der Waals surface area (Å²) in [6.45, 7) is 4.92. The van der Waals surface area contributed by atoms with Crippen LogP contribution in [0.2, 0.25) is 0 Å². The van der Waals surface area contributed by atoms with Crippen molar-refractivity contribution in [3.63, 3.8) is 0 Å². The number of ether oxygens (including phenoxy) is 7. The topological polar surface area (TPSA) is 119 Å². The van der Waals surface area contributed by atoms with Crippen molar-refractivity contribution in [3.05, 3.63) is 23.3 Å². The zero-order valence-electron chi connectivity index (χ0n) is 22.0. The molecule has 37 heavy (non-hydrogen) atoms. The number of methoxy groups -OCH3 is 4. The number of carbonyl (C=O) groups is 2. The quantitative estimate of drug-likeness (QED) is 0.333. The van der Waals surface area contributed by atoms with Gasteiger partial charge in [0.25, 0.3) is 0 Å². The van der Waals surface area contributed by atoms with E-state index < -0.39 is 29.5 Å². The zero-order valence-corrected chi connectivity index (χ0v) is 22.0. The van der Waals surface area contributed by atoms with Crippen LogP contribution in [0.25, 0.3) is 11.1 Å². The van der Waals surface area contributed by atoms with Gasteiger partial charge in [-0.15, -0.1) is 0 Å². The molecule has 2 aliphatic rings. The van der Waals surface area contributed by atoms with Crippen LogP contribution in [0, 0.1) is 11.8 Å². The molecule has 0 fully saturated rings. The number of aldehydes is 1. The molecule has 0 saturated carbocycles. The van der Waals surface area contributed by atoms with E-state index in [2.05, 4.69) is 0 Å². The van der Waals surface area contributed by atoms with Crippen molar-refractivity contribution < 1.29 is 47.9 Å². The zero-order chi connectivity index (χ0) is 27.1. The van der Waals surface area contributed by atoms with Gasteiger partial charge in [-0.25, -0.2) is 0 Å². The molecular weight excluding hydrogens is 484 g/mol. The first-order chi connectivity index (χ1) is 17.6. The molecule has 1 heterocycles. The van der Waals surface area contributed by atoms with Gasteiger partial charge in [-0.2, -0.15) is 0 Å². The number of carbonyl (C=O) groups excluding carboxylic acids is 2. The average Bonchev–Trinajstić information content (AvgIpc) is 3.36. The van der Waals surface area contributed by atoms with Crippen LogP contribution in [0.15, 0.2) is 12.1 Å². The maximum Gasteiger partial charge on any atom is 0.316 e. The Morgan fingerprint density at radius 3 is 2.32 bits per heavy atom. The Morgan fingerprint density at radius 2 is 1.73 bits per heavy atom. The van der Waals surface area contributed by atoms with Crippen LogP contribution in [-0.2, 0) is 20.7 Å².